The number of hydrogen-bond acceptors (Lipinski definition) is 9. The summed E-state index contributed by atoms with van der Waals surface area (Å²) in [6.07, 6.45) is 15.4. The Hall–Kier alpha value is -1.03. The van der Waals surface area contributed by atoms with Gasteiger partial charge in [0.1, 0.15) is 12.7 Å². The van der Waals surface area contributed by atoms with E-state index in [2.05, 4.69) is 18.4 Å². The Bertz CT molecular complexity index is 646. The maximum atomic E-state index is 12.3. The molecule has 0 aliphatic rings. The average molecular weight is 583 g/mol. The van der Waals surface area contributed by atoms with Gasteiger partial charge in [0.05, 0.1) is 19.8 Å². The van der Waals surface area contributed by atoms with Crippen LogP contribution >= 0.6 is 7.82 Å². The highest BCUT2D eigenvalue weighted by Gasteiger charge is 2.27. The van der Waals surface area contributed by atoms with Gasteiger partial charge in [-0.3, -0.25) is 18.6 Å². The van der Waals surface area contributed by atoms with Crippen LogP contribution in [-0.2, 0) is 32.7 Å². The predicted molar refractivity (Wildman–Crippen MR) is 150 cm³/mol. The Kier molecular flexibility index (Phi) is 25.2. The van der Waals surface area contributed by atoms with Crippen LogP contribution in [0, 0.1) is 0 Å². The van der Waals surface area contributed by atoms with Crippen molar-refractivity contribution in [3.05, 3.63) is 0 Å². The zero-order valence-corrected chi connectivity index (χ0v) is 25.3. The molecule has 3 atom stereocenters. The molecule has 10 nitrogen and oxygen atoms in total. The highest BCUT2D eigenvalue weighted by atomic mass is 31.2. The first kappa shape index (κ1) is 38.0. The van der Waals surface area contributed by atoms with Crippen molar-refractivity contribution in [2.45, 2.75) is 142 Å². The van der Waals surface area contributed by atoms with E-state index in [9.17, 15) is 24.2 Å². The quantitative estimate of drug-likeness (QED) is 0.0570. The first-order chi connectivity index (χ1) is 18.7. The van der Waals surface area contributed by atoms with Crippen LogP contribution in [0.25, 0.3) is 0 Å². The highest BCUT2D eigenvalue weighted by molar-refractivity contribution is 7.47. The number of rotatable bonds is 28. The summed E-state index contributed by atoms with van der Waals surface area (Å²) in [5.74, 6) is -0.933. The zero-order chi connectivity index (χ0) is 29.2. The van der Waals surface area contributed by atoms with Crippen LogP contribution in [0.3, 0.4) is 0 Å². The second-order valence-corrected chi connectivity index (χ2v) is 11.6. The average Bonchev–Trinajstić information content (AvgIpc) is 2.91. The molecule has 1 unspecified atom stereocenters. The molecular formula is C28H55O10P. The molecule has 0 aromatic rings. The molecule has 0 rings (SSSR count). The van der Waals surface area contributed by atoms with Gasteiger partial charge in [-0.15, -0.1) is 0 Å². The first-order valence-corrected chi connectivity index (χ1v) is 16.5. The molecule has 0 aliphatic carbocycles. The van der Waals surface area contributed by atoms with Crippen molar-refractivity contribution in [2.75, 3.05) is 26.4 Å². The van der Waals surface area contributed by atoms with E-state index in [-0.39, 0.29) is 19.4 Å². The first-order valence-electron chi connectivity index (χ1n) is 15.0. The summed E-state index contributed by atoms with van der Waals surface area (Å²) < 4.78 is 32.2. The van der Waals surface area contributed by atoms with Crippen molar-refractivity contribution in [2.24, 2.45) is 0 Å². The van der Waals surface area contributed by atoms with Crippen LogP contribution in [0.2, 0.25) is 0 Å². The summed E-state index contributed by atoms with van der Waals surface area (Å²) in [6.45, 7) is 2.27. The molecule has 0 heterocycles. The molecule has 0 bridgehead atoms. The smallest absolute Gasteiger partial charge is 0.462 e. The highest BCUT2D eigenvalue weighted by Crippen LogP contribution is 2.43. The number of carbonyl (C=O) groups is 2. The molecule has 0 fully saturated rings. The molecule has 0 aliphatic heterocycles. The molecule has 0 spiro atoms. The number of aliphatic hydroxyl groups is 2. The predicted octanol–water partition coefficient (Wildman–Crippen LogP) is 5.99. The fraction of sp³-hybridized carbons (Fsp3) is 0.929. The molecule has 39 heavy (non-hydrogen) atoms. The van der Waals surface area contributed by atoms with Gasteiger partial charge in [-0.25, -0.2) is 4.57 Å². The third-order valence-electron chi connectivity index (χ3n) is 6.26. The van der Waals surface area contributed by atoms with Gasteiger partial charge < -0.3 is 24.6 Å². The number of phosphoric acid groups is 1. The van der Waals surface area contributed by atoms with Crippen molar-refractivity contribution in [3.63, 3.8) is 0 Å². The van der Waals surface area contributed by atoms with E-state index in [1.165, 1.54) is 51.4 Å². The molecule has 3 N–H and O–H groups in total. The second-order valence-electron chi connectivity index (χ2n) is 10.1. The lowest BCUT2D eigenvalue weighted by Gasteiger charge is -2.20. The van der Waals surface area contributed by atoms with Crippen molar-refractivity contribution >= 4 is 19.8 Å². The maximum absolute atomic E-state index is 12.3. The minimum absolute atomic E-state index is 0.188. The summed E-state index contributed by atoms with van der Waals surface area (Å²) in [4.78, 5) is 34.3. The summed E-state index contributed by atoms with van der Waals surface area (Å²) >= 11 is 0. The van der Waals surface area contributed by atoms with Gasteiger partial charge in [0.2, 0.25) is 0 Å². The van der Waals surface area contributed by atoms with Gasteiger partial charge >= 0.3 is 19.8 Å². The molecule has 0 aromatic heterocycles. The van der Waals surface area contributed by atoms with Crippen molar-refractivity contribution < 1.29 is 47.8 Å². The largest absolute Gasteiger partial charge is 0.472 e. The van der Waals surface area contributed by atoms with Crippen LogP contribution in [-0.4, -0.2) is 65.7 Å². The SMILES string of the molecule is CCCCCCCCCCC(=O)OC[C@@H](COP(=O)(O)OC[C@H](O)CO)OC(=O)CCCCCCCCCC. The van der Waals surface area contributed by atoms with E-state index in [1.807, 2.05) is 0 Å². The normalized spacial score (nSPS) is 14.5. The minimum Gasteiger partial charge on any atom is -0.462 e. The third kappa shape index (κ3) is 25.7. The van der Waals surface area contributed by atoms with Crippen molar-refractivity contribution in [3.8, 4) is 0 Å². The van der Waals surface area contributed by atoms with Crippen LogP contribution in [0.5, 0.6) is 0 Å². The van der Waals surface area contributed by atoms with Crippen LogP contribution in [0.4, 0.5) is 0 Å². The molecule has 0 amide bonds. The molecule has 0 radical (unpaired) electrons. The number of unbranched alkanes of at least 4 members (excludes halogenated alkanes) is 14. The Balaban J connectivity index is 4.50. The Morgan fingerprint density at radius 1 is 0.667 bits per heavy atom. The number of phosphoric ester groups is 1. The minimum atomic E-state index is -4.59. The Morgan fingerprint density at radius 3 is 1.59 bits per heavy atom. The van der Waals surface area contributed by atoms with E-state index in [1.54, 1.807) is 0 Å². The lowest BCUT2D eigenvalue weighted by Crippen LogP contribution is -2.29. The van der Waals surface area contributed by atoms with Crippen LogP contribution in [0.1, 0.15) is 129 Å². The lowest BCUT2D eigenvalue weighted by atomic mass is 10.1. The number of ether oxygens (including phenoxy) is 2. The van der Waals surface area contributed by atoms with Gasteiger partial charge in [0.25, 0.3) is 0 Å². The fourth-order valence-electron chi connectivity index (χ4n) is 3.87. The van der Waals surface area contributed by atoms with Gasteiger partial charge in [0.15, 0.2) is 6.10 Å². The van der Waals surface area contributed by atoms with E-state index in [0.29, 0.717) is 12.8 Å². The monoisotopic (exact) mass is 582 g/mol. The molecule has 0 saturated heterocycles. The standard InChI is InChI=1S/C28H55O10P/c1-3-5-7-9-11-13-15-17-19-27(31)35-23-26(24-37-39(33,34)36-22-25(30)21-29)38-28(32)20-18-16-14-12-10-8-6-4-2/h25-26,29-30H,3-24H2,1-2H3,(H,33,34)/t25-,26+/m1/s1. The Labute approximate surface area is 235 Å². The fourth-order valence-corrected chi connectivity index (χ4v) is 4.66. The summed E-state index contributed by atoms with van der Waals surface area (Å²) in [7, 11) is -4.59. The summed E-state index contributed by atoms with van der Waals surface area (Å²) in [6, 6.07) is 0. The van der Waals surface area contributed by atoms with E-state index in [4.69, 9.17) is 19.1 Å². The second kappa shape index (κ2) is 25.9. The lowest BCUT2D eigenvalue weighted by molar-refractivity contribution is -0.161. The van der Waals surface area contributed by atoms with Gasteiger partial charge in [-0.05, 0) is 12.8 Å². The van der Waals surface area contributed by atoms with Gasteiger partial charge in [-0.1, -0.05) is 104 Å². The van der Waals surface area contributed by atoms with Crippen molar-refractivity contribution in [1.82, 2.24) is 0 Å². The number of carbonyl (C=O) groups excluding carboxylic acids is 2. The summed E-state index contributed by atoms with van der Waals surface area (Å²) in [5, 5.41) is 18.1. The third-order valence-corrected chi connectivity index (χ3v) is 7.21. The van der Waals surface area contributed by atoms with Crippen molar-refractivity contribution in [1.29, 1.82) is 0 Å². The maximum Gasteiger partial charge on any atom is 0.472 e. The number of hydrogen-bond donors (Lipinski definition) is 3. The molecule has 0 aromatic carbocycles. The number of esters is 2. The van der Waals surface area contributed by atoms with Gasteiger partial charge in [-0.2, -0.15) is 0 Å². The van der Waals surface area contributed by atoms with Crippen LogP contribution < -0.4 is 0 Å². The number of aliphatic hydroxyl groups excluding tert-OH is 2. The van der Waals surface area contributed by atoms with E-state index < -0.39 is 51.8 Å². The zero-order valence-electron chi connectivity index (χ0n) is 24.4. The van der Waals surface area contributed by atoms with Gasteiger partial charge in [0, 0.05) is 12.8 Å². The Morgan fingerprint density at radius 2 is 1.10 bits per heavy atom. The van der Waals surface area contributed by atoms with E-state index in [0.717, 1.165) is 38.5 Å². The molecule has 0 saturated carbocycles. The topological polar surface area (TPSA) is 149 Å². The molecule has 232 valence electrons. The molecular weight excluding hydrogens is 527 g/mol. The van der Waals surface area contributed by atoms with E-state index >= 15 is 0 Å². The van der Waals surface area contributed by atoms with Crippen LogP contribution in [0.15, 0.2) is 0 Å². The molecule has 11 heteroatoms. The summed E-state index contributed by atoms with van der Waals surface area (Å²) in [5.41, 5.74) is 0.